The van der Waals surface area contributed by atoms with Crippen LogP contribution in [0.3, 0.4) is 0 Å². The van der Waals surface area contributed by atoms with Gasteiger partial charge in [-0.15, -0.1) is 0 Å². The molecule has 0 radical (unpaired) electrons. The summed E-state index contributed by atoms with van der Waals surface area (Å²) >= 11 is 0. The van der Waals surface area contributed by atoms with Gasteiger partial charge in [-0.2, -0.15) is 0 Å². The molecular formula is C20H12N2O5. The average Bonchev–Trinajstić information content (AvgIpc) is 3.35. The van der Waals surface area contributed by atoms with Gasteiger partial charge in [0.1, 0.15) is 5.69 Å². The van der Waals surface area contributed by atoms with Crippen LogP contribution in [0.5, 0.6) is 0 Å². The number of benzene rings is 2. The molecule has 0 unspecified atom stereocenters. The van der Waals surface area contributed by atoms with Gasteiger partial charge in [0.05, 0.1) is 17.3 Å². The second-order valence-corrected chi connectivity index (χ2v) is 5.67. The van der Waals surface area contributed by atoms with Crippen LogP contribution in [0.25, 0.3) is 33.7 Å². The number of aliphatic carboxylic acids is 1. The zero-order valence-corrected chi connectivity index (χ0v) is 13.8. The lowest BCUT2D eigenvalue weighted by atomic mass is 9.96. The van der Waals surface area contributed by atoms with E-state index >= 15 is 0 Å². The summed E-state index contributed by atoms with van der Waals surface area (Å²) in [5.41, 5.74) is 2.38. The van der Waals surface area contributed by atoms with E-state index in [0.717, 1.165) is 5.56 Å². The smallest absolute Gasteiger partial charge is 0.380 e. The van der Waals surface area contributed by atoms with Crippen molar-refractivity contribution >= 4 is 11.8 Å². The maximum absolute atomic E-state index is 12.2. The van der Waals surface area contributed by atoms with Crippen molar-refractivity contribution in [2.75, 3.05) is 0 Å². The summed E-state index contributed by atoms with van der Waals surface area (Å²) in [5.74, 6) is -2.82. The van der Waals surface area contributed by atoms with Crippen LogP contribution in [0, 0.1) is 0 Å². The first-order chi connectivity index (χ1) is 13.2. The van der Waals surface area contributed by atoms with Crippen molar-refractivity contribution in [3.63, 3.8) is 0 Å². The van der Waals surface area contributed by atoms with Crippen molar-refractivity contribution in [2.24, 2.45) is 0 Å². The molecule has 0 saturated carbocycles. The van der Waals surface area contributed by atoms with Crippen molar-refractivity contribution in [1.82, 2.24) is 10.3 Å². The number of rotatable bonds is 5. The molecule has 0 fully saturated rings. The van der Waals surface area contributed by atoms with Gasteiger partial charge in [-0.3, -0.25) is 4.79 Å². The van der Waals surface area contributed by atoms with E-state index in [4.69, 9.17) is 14.2 Å². The fourth-order valence-electron chi connectivity index (χ4n) is 2.80. The number of ketones is 1. The second kappa shape index (κ2) is 6.72. The van der Waals surface area contributed by atoms with Gasteiger partial charge in [-0.1, -0.05) is 71.0 Å². The maximum atomic E-state index is 12.2. The first kappa shape index (κ1) is 16.5. The third kappa shape index (κ3) is 2.91. The Morgan fingerprint density at radius 2 is 1.48 bits per heavy atom. The number of hydrogen-bond acceptors (Lipinski definition) is 6. The predicted octanol–water partition coefficient (Wildman–Crippen LogP) is 3.93. The Kier molecular flexibility index (Phi) is 4.10. The quantitative estimate of drug-likeness (QED) is 0.424. The molecular weight excluding hydrogens is 348 g/mol. The Morgan fingerprint density at radius 1 is 0.852 bits per heavy atom. The lowest BCUT2D eigenvalue weighted by Crippen LogP contribution is -2.12. The van der Waals surface area contributed by atoms with Gasteiger partial charge in [0, 0.05) is 11.1 Å². The molecule has 2 aromatic heterocycles. The summed E-state index contributed by atoms with van der Waals surface area (Å²) in [6.45, 7) is 0. The molecule has 2 heterocycles. The summed E-state index contributed by atoms with van der Waals surface area (Å²) in [6, 6.07) is 18.2. The molecule has 0 bridgehead atoms. The van der Waals surface area contributed by atoms with Gasteiger partial charge < -0.3 is 14.2 Å². The molecule has 7 heteroatoms. The van der Waals surface area contributed by atoms with Gasteiger partial charge in [-0.05, 0) is 0 Å². The number of carboxylic acid groups (broad SMARTS) is 1. The lowest BCUT2D eigenvalue weighted by molar-refractivity contribution is -0.132. The molecule has 0 aliphatic heterocycles. The molecule has 0 saturated heterocycles. The summed E-state index contributed by atoms with van der Waals surface area (Å²) in [5, 5.41) is 16.9. The minimum absolute atomic E-state index is 0.230. The summed E-state index contributed by atoms with van der Waals surface area (Å²) in [6.07, 6.45) is 1.42. The summed E-state index contributed by atoms with van der Waals surface area (Å²) in [4.78, 5) is 23.4. The molecule has 27 heavy (non-hydrogen) atoms. The molecule has 0 atom stereocenters. The minimum Gasteiger partial charge on any atom is -0.475 e. The van der Waals surface area contributed by atoms with E-state index in [1.807, 2.05) is 36.4 Å². The van der Waals surface area contributed by atoms with E-state index in [9.17, 15) is 9.59 Å². The van der Waals surface area contributed by atoms with E-state index in [1.165, 1.54) is 6.20 Å². The van der Waals surface area contributed by atoms with E-state index in [-0.39, 0.29) is 11.3 Å². The average molecular weight is 360 g/mol. The Bertz CT molecular complexity index is 1110. The normalized spacial score (nSPS) is 10.7. The summed E-state index contributed by atoms with van der Waals surface area (Å²) in [7, 11) is 0. The van der Waals surface area contributed by atoms with E-state index < -0.39 is 11.8 Å². The fourth-order valence-corrected chi connectivity index (χ4v) is 2.80. The maximum Gasteiger partial charge on any atom is 0.380 e. The molecule has 0 spiro atoms. The van der Waals surface area contributed by atoms with Crippen molar-refractivity contribution in [3.8, 4) is 33.7 Å². The van der Waals surface area contributed by atoms with Gasteiger partial charge >= 0.3 is 11.8 Å². The van der Waals surface area contributed by atoms with Crippen LogP contribution < -0.4 is 0 Å². The molecule has 1 N–H and O–H groups in total. The molecule has 4 rings (SSSR count). The molecule has 0 amide bonds. The van der Waals surface area contributed by atoms with Crippen molar-refractivity contribution in [1.29, 1.82) is 0 Å². The van der Waals surface area contributed by atoms with Crippen LogP contribution in [0.15, 0.2) is 75.9 Å². The van der Waals surface area contributed by atoms with Crippen LogP contribution in [0.4, 0.5) is 0 Å². The molecule has 132 valence electrons. The predicted molar refractivity (Wildman–Crippen MR) is 94.8 cm³/mol. The lowest BCUT2D eigenvalue weighted by Gasteiger charge is -2.03. The fraction of sp³-hybridized carbons (Fsp3) is 0. The Morgan fingerprint density at radius 3 is 2.11 bits per heavy atom. The highest BCUT2D eigenvalue weighted by atomic mass is 16.5. The van der Waals surface area contributed by atoms with Gasteiger partial charge in [0.2, 0.25) is 5.76 Å². The number of carbonyl (C=O) groups is 2. The first-order valence-electron chi connectivity index (χ1n) is 8.00. The standard InChI is InChI=1S/C20H12N2O5/c23-17(20(24)25)19-15(16(22-27-19)12-7-3-1-4-8-12)14-11-21-26-18(14)13-9-5-2-6-10-13/h1-11H,(H,24,25). The molecule has 2 aromatic carbocycles. The van der Waals surface area contributed by atoms with Crippen molar-refractivity contribution in [3.05, 3.63) is 72.6 Å². The third-order valence-electron chi connectivity index (χ3n) is 4.02. The third-order valence-corrected chi connectivity index (χ3v) is 4.02. The van der Waals surface area contributed by atoms with E-state index in [1.54, 1.807) is 24.3 Å². The molecule has 0 aliphatic carbocycles. The Hall–Kier alpha value is -4.00. The van der Waals surface area contributed by atoms with E-state index in [2.05, 4.69) is 10.3 Å². The zero-order chi connectivity index (χ0) is 18.8. The highest BCUT2D eigenvalue weighted by molar-refractivity contribution is 6.40. The second-order valence-electron chi connectivity index (χ2n) is 5.67. The first-order valence-corrected chi connectivity index (χ1v) is 8.00. The largest absolute Gasteiger partial charge is 0.475 e. The van der Waals surface area contributed by atoms with Crippen LogP contribution in [-0.4, -0.2) is 27.2 Å². The van der Waals surface area contributed by atoms with Crippen LogP contribution in [0.2, 0.25) is 0 Å². The number of carboxylic acids is 1. The Balaban J connectivity index is 1.97. The molecule has 7 nitrogen and oxygen atoms in total. The van der Waals surface area contributed by atoms with Gasteiger partial charge in [-0.25, -0.2) is 4.79 Å². The van der Waals surface area contributed by atoms with Crippen molar-refractivity contribution < 1.29 is 23.7 Å². The number of nitrogens with zero attached hydrogens (tertiary/aromatic N) is 2. The summed E-state index contributed by atoms with van der Waals surface area (Å²) < 4.78 is 10.5. The minimum atomic E-state index is -1.63. The van der Waals surface area contributed by atoms with Gasteiger partial charge in [0.25, 0.3) is 0 Å². The Labute approximate surface area is 152 Å². The van der Waals surface area contributed by atoms with Crippen LogP contribution >= 0.6 is 0 Å². The van der Waals surface area contributed by atoms with Crippen LogP contribution in [-0.2, 0) is 4.79 Å². The molecule has 0 aliphatic rings. The van der Waals surface area contributed by atoms with E-state index in [0.29, 0.717) is 22.6 Å². The number of hydrogen-bond donors (Lipinski definition) is 1. The highest BCUT2D eigenvalue weighted by Gasteiger charge is 2.31. The van der Waals surface area contributed by atoms with Crippen LogP contribution in [0.1, 0.15) is 10.6 Å². The zero-order valence-electron chi connectivity index (χ0n) is 13.8. The topological polar surface area (TPSA) is 106 Å². The van der Waals surface area contributed by atoms with Crippen molar-refractivity contribution in [2.45, 2.75) is 0 Å². The monoisotopic (exact) mass is 360 g/mol. The van der Waals surface area contributed by atoms with Gasteiger partial charge in [0.15, 0.2) is 5.76 Å². The number of Topliss-reactive ketones (excluding diaryl/α,β-unsaturated/α-hetero) is 1. The SMILES string of the molecule is O=C(O)C(=O)c1onc(-c2ccccc2)c1-c1cnoc1-c1ccccc1. The number of aromatic nitrogens is 2. The molecule has 4 aromatic rings. The number of carbonyl (C=O) groups excluding carboxylic acids is 1. The highest BCUT2D eigenvalue weighted by Crippen LogP contribution is 2.40.